The van der Waals surface area contributed by atoms with E-state index in [4.69, 9.17) is 16.0 Å². The van der Waals surface area contributed by atoms with Crippen molar-refractivity contribution in [3.05, 3.63) is 59.8 Å². The van der Waals surface area contributed by atoms with Crippen molar-refractivity contribution >= 4 is 17.8 Å². The smallest absolute Gasteiger partial charge is 0.321 e. The van der Waals surface area contributed by atoms with Gasteiger partial charge in [0.1, 0.15) is 5.82 Å². The van der Waals surface area contributed by atoms with Crippen LogP contribution in [0.3, 0.4) is 0 Å². The van der Waals surface area contributed by atoms with Crippen molar-refractivity contribution in [1.82, 2.24) is 10.1 Å². The molecule has 32 heavy (non-hydrogen) atoms. The van der Waals surface area contributed by atoms with Crippen LogP contribution >= 0.6 is 0 Å². The molecule has 1 aromatic carbocycles. The monoisotopic (exact) mass is 438 g/mol. The van der Waals surface area contributed by atoms with E-state index >= 15 is 0 Å². The fraction of sp³-hybridized carbons (Fsp3) is 0.458. The van der Waals surface area contributed by atoms with E-state index in [1.54, 1.807) is 6.21 Å². The summed E-state index contributed by atoms with van der Waals surface area (Å²) in [7, 11) is 0. The van der Waals surface area contributed by atoms with Gasteiger partial charge in [-0.25, -0.2) is 4.99 Å². The Morgan fingerprint density at radius 3 is 2.50 bits per heavy atom. The molecule has 0 spiro atoms. The zero-order chi connectivity index (χ0) is 23.3. The number of nitrogens with two attached hydrogens (primary N) is 2. The average Bonchev–Trinajstić information content (AvgIpc) is 3.24. The second kappa shape index (κ2) is 9.99. The van der Waals surface area contributed by atoms with Crippen LogP contribution in [0.1, 0.15) is 63.4 Å². The SMILES string of the molecule is C=C(N)/N=C\C(=C/N)c1ccc(C(C)(c2noc(NC3CCC(O)CC3)n2)C(C)C)cc1. The van der Waals surface area contributed by atoms with Gasteiger partial charge in [-0.15, -0.1) is 0 Å². The maximum Gasteiger partial charge on any atom is 0.321 e. The Hall–Kier alpha value is -3.13. The molecule has 1 saturated carbocycles. The minimum Gasteiger partial charge on any atom is -0.404 e. The zero-order valence-corrected chi connectivity index (χ0v) is 19.1. The number of aromatic nitrogens is 2. The van der Waals surface area contributed by atoms with Crippen LogP contribution in [-0.2, 0) is 5.41 Å². The van der Waals surface area contributed by atoms with Crippen molar-refractivity contribution in [2.24, 2.45) is 22.4 Å². The highest BCUT2D eigenvalue weighted by atomic mass is 16.5. The molecular formula is C24H34N6O2. The van der Waals surface area contributed by atoms with Gasteiger partial charge in [0.25, 0.3) is 0 Å². The molecule has 0 radical (unpaired) electrons. The topological polar surface area (TPSA) is 136 Å². The fourth-order valence-corrected chi connectivity index (χ4v) is 3.98. The third-order valence-corrected chi connectivity index (χ3v) is 6.44. The Morgan fingerprint density at radius 1 is 1.28 bits per heavy atom. The summed E-state index contributed by atoms with van der Waals surface area (Å²) < 4.78 is 5.55. The van der Waals surface area contributed by atoms with Crippen LogP contribution < -0.4 is 16.8 Å². The number of hydrogen-bond acceptors (Lipinski definition) is 8. The summed E-state index contributed by atoms with van der Waals surface area (Å²) >= 11 is 0. The normalized spacial score (nSPS) is 21.6. The number of aliphatic hydroxyl groups excluding tert-OH is 1. The lowest BCUT2D eigenvalue weighted by Crippen LogP contribution is -2.32. The first-order valence-corrected chi connectivity index (χ1v) is 11.0. The number of rotatable bonds is 8. The standard InChI is InChI=1S/C24H34N6O2/c1-15(2)24(4,19-7-5-17(6-8-19)18(13-25)14-27-16(3)26)22-29-23(32-30-22)28-20-9-11-21(31)12-10-20/h5-8,13-15,20-21,31H,3,9-12,25-26H2,1-2,4H3,(H,28,29,30)/b18-13+,27-14-. The molecule has 0 aliphatic heterocycles. The van der Waals surface area contributed by atoms with E-state index in [-0.39, 0.29) is 23.9 Å². The van der Waals surface area contributed by atoms with E-state index in [1.807, 2.05) is 12.1 Å². The molecule has 0 amide bonds. The van der Waals surface area contributed by atoms with Gasteiger partial charge in [-0.05, 0) is 49.7 Å². The van der Waals surface area contributed by atoms with E-state index in [0.717, 1.165) is 42.4 Å². The highest BCUT2D eigenvalue weighted by molar-refractivity contribution is 6.09. The van der Waals surface area contributed by atoms with Crippen LogP contribution in [-0.4, -0.2) is 33.6 Å². The Morgan fingerprint density at radius 2 is 1.94 bits per heavy atom. The molecule has 1 aliphatic carbocycles. The first kappa shape index (κ1) is 23.5. The van der Waals surface area contributed by atoms with Gasteiger partial charge in [0.05, 0.1) is 11.5 Å². The average molecular weight is 439 g/mol. The van der Waals surface area contributed by atoms with Gasteiger partial charge < -0.3 is 26.4 Å². The maximum absolute atomic E-state index is 9.71. The molecule has 8 nitrogen and oxygen atoms in total. The summed E-state index contributed by atoms with van der Waals surface area (Å²) in [6.45, 7) is 9.98. The van der Waals surface area contributed by atoms with Crippen molar-refractivity contribution in [1.29, 1.82) is 0 Å². The predicted octanol–water partition coefficient (Wildman–Crippen LogP) is 3.55. The van der Waals surface area contributed by atoms with E-state index in [1.165, 1.54) is 6.20 Å². The molecular weight excluding hydrogens is 404 g/mol. The summed E-state index contributed by atoms with van der Waals surface area (Å²) in [6, 6.07) is 8.76. The van der Waals surface area contributed by atoms with Crippen molar-refractivity contribution in [3.8, 4) is 0 Å². The summed E-state index contributed by atoms with van der Waals surface area (Å²) in [4.78, 5) is 8.72. The van der Waals surface area contributed by atoms with Gasteiger partial charge in [-0.1, -0.05) is 49.8 Å². The molecule has 1 fully saturated rings. The second-order valence-electron chi connectivity index (χ2n) is 8.88. The Balaban J connectivity index is 1.82. The molecule has 172 valence electrons. The Bertz CT molecular complexity index is 971. The first-order valence-electron chi connectivity index (χ1n) is 11.0. The van der Waals surface area contributed by atoms with Crippen LogP contribution in [0.25, 0.3) is 5.57 Å². The summed E-state index contributed by atoms with van der Waals surface area (Å²) in [6.07, 6.45) is 6.24. The Kier molecular flexibility index (Phi) is 7.35. The molecule has 1 atom stereocenters. The number of aliphatic imine (C=N–C) groups is 1. The number of hydrogen-bond donors (Lipinski definition) is 4. The molecule has 6 N–H and O–H groups in total. The summed E-state index contributed by atoms with van der Waals surface area (Å²) in [5.74, 6) is 1.07. The fourth-order valence-electron chi connectivity index (χ4n) is 3.98. The number of benzene rings is 1. The quantitative estimate of drug-likeness (QED) is 0.463. The van der Waals surface area contributed by atoms with Gasteiger partial charge in [0.2, 0.25) is 0 Å². The molecule has 8 heteroatoms. The number of allylic oxidation sites excluding steroid dienone is 1. The van der Waals surface area contributed by atoms with Gasteiger partial charge in [-0.2, -0.15) is 4.98 Å². The molecule has 1 heterocycles. The number of aliphatic hydroxyl groups is 1. The van der Waals surface area contributed by atoms with E-state index < -0.39 is 5.41 Å². The van der Waals surface area contributed by atoms with E-state index in [2.05, 4.69) is 59.9 Å². The van der Waals surface area contributed by atoms with Gasteiger partial charge in [-0.3, -0.25) is 0 Å². The molecule has 0 saturated heterocycles. The number of nitrogens with one attached hydrogen (secondary N) is 1. The number of nitrogens with zero attached hydrogens (tertiary/aromatic N) is 3. The summed E-state index contributed by atoms with van der Waals surface area (Å²) in [5, 5.41) is 17.4. The van der Waals surface area contributed by atoms with Gasteiger partial charge >= 0.3 is 6.01 Å². The largest absolute Gasteiger partial charge is 0.404 e. The third-order valence-electron chi connectivity index (χ3n) is 6.44. The van der Waals surface area contributed by atoms with Crippen molar-refractivity contribution in [2.75, 3.05) is 5.32 Å². The van der Waals surface area contributed by atoms with E-state index in [9.17, 15) is 5.11 Å². The molecule has 0 bridgehead atoms. The lowest BCUT2D eigenvalue weighted by Gasteiger charge is -2.31. The van der Waals surface area contributed by atoms with Crippen LogP contribution in [0.2, 0.25) is 0 Å². The van der Waals surface area contributed by atoms with Crippen LogP contribution in [0.15, 0.2) is 52.4 Å². The van der Waals surface area contributed by atoms with Gasteiger partial charge in [0, 0.05) is 24.0 Å². The lowest BCUT2D eigenvalue weighted by molar-refractivity contribution is 0.125. The van der Waals surface area contributed by atoms with Crippen LogP contribution in [0, 0.1) is 5.92 Å². The lowest BCUT2D eigenvalue weighted by atomic mass is 9.72. The van der Waals surface area contributed by atoms with Crippen LogP contribution in [0.5, 0.6) is 0 Å². The Labute approximate surface area is 189 Å². The number of anilines is 1. The van der Waals surface area contributed by atoms with E-state index in [0.29, 0.717) is 11.8 Å². The maximum atomic E-state index is 9.71. The highest BCUT2D eigenvalue weighted by Crippen LogP contribution is 2.38. The molecule has 1 unspecified atom stereocenters. The second-order valence-corrected chi connectivity index (χ2v) is 8.88. The predicted molar refractivity (Wildman–Crippen MR) is 128 cm³/mol. The minimum atomic E-state index is -0.447. The highest BCUT2D eigenvalue weighted by Gasteiger charge is 2.37. The molecule has 1 aromatic heterocycles. The minimum absolute atomic E-state index is 0.200. The molecule has 2 aromatic rings. The van der Waals surface area contributed by atoms with Crippen molar-refractivity contribution < 1.29 is 9.63 Å². The van der Waals surface area contributed by atoms with Crippen molar-refractivity contribution in [2.45, 2.75) is 64.0 Å². The van der Waals surface area contributed by atoms with Gasteiger partial charge in [0.15, 0.2) is 5.82 Å². The third kappa shape index (κ3) is 5.19. The molecule has 3 rings (SSSR count). The molecule has 1 aliphatic rings. The van der Waals surface area contributed by atoms with Crippen LogP contribution in [0.4, 0.5) is 6.01 Å². The first-order chi connectivity index (χ1) is 15.2. The van der Waals surface area contributed by atoms with Crippen molar-refractivity contribution in [3.63, 3.8) is 0 Å². The zero-order valence-electron chi connectivity index (χ0n) is 19.1. The summed E-state index contributed by atoms with van der Waals surface area (Å²) in [5.41, 5.74) is 13.6.